The molecule has 0 aromatic carbocycles. The second kappa shape index (κ2) is 6.50. The van der Waals surface area contributed by atoms with Crippen LogP contribution in [0.15, 0.2) is 6.20 Å². The van der Waals surface area contributed by atoms with E-state index in [4.69, 9.17) is 0 Å². The fraction of sp³-hybridized carbons (Fsp3) is 0.769. The molecule has 4 nitrogen and oxygen atoms in total. The van der Waals surface area contributed by atoms with E-state index in [9.17, 15) is 0 Å². The lowest BCUT2D eigenvalue weighted by atomic mass is 10.0. The van der Waals surface area contributed by atoms with Crippen molar-refractivity contribution in [1.82, 2.24) is 14.8 Å². The number of hydrogen-bond acceptors (Lipinski definition) is 5. The number of aromatic nitrogens is 1. The van der Waals surface area contributed by atoms with Crippen LogP contribution in [-0.4, -0.2) is 54.6 Å². The van der Waals surface area contributed by atoms with Crippen molar-refractivity contribution < 1.29 is 0 Å². The van der Waals surface area contributed by atoms with Gasteiger partial charge in [0.15, 0.2) is 5.13 Å². The Morgan fingerprint density at radius 2 is 2.22 bits per heavy atom. The number of anilines is 1. The second-order valence-electron chi connectivity index (χ2n) is 5.11. The Balaban J connectivity index is 1.84. The summed E-state index contributed by atoms with van der Waals surface area (Å²) < 4.78 is 0. The van der Waals surface area contributed by atoms with Crippen LogP contribution in [0.2, 0.25) is 0 Å². The van der Waals surface area contributed by atoms with Crippen LogP contribution in [0.1, 0.15) is 24.6 Å². The molecule has 0 aliphatic carbocycles. The molecule has 0 saturated carbocycles. The number of thiazole rings is 1. The van der Waals surface area contributed by atoms with Crippen molar-refractivity contribution in [2.75, 3.05) is 39.0 Å². The quantitative estimate of drug-likeness (QED) is 0.886. The molecule has 1 aromatic heterocycles. The molecule has 2 rings (SSSR count). The Morgan fingerprint density at radius 3 is 2.89 bits per heavy atom. The van der Waals surface area contributed by atoms with E-state index in [0.717, 1.165) is 24.3 Å². The minimum Gasteiger partial charge on any atom is -0.362 e. The Hall–Kier alpha value is -0.650. The van der Waals surface area contributed by atoms with Crippen molar-refractivity contribution in [2.45, 2.75) is 32.4 Å². The molecule has 1 saturated heterocycles. The van der Waals surface area contributed by atoms with Crippen LogP contribution in [-0.2, 0) is 6.54 Å². The normalized spacial score (nSPS) is 18.4. The zero-order chi connectivity index (χ0) is 13.0. The summed E-state index contributed by atoms with van der Waals surface area (Å²) in [5.74, 6) is 0. The lowest BCUT2D eigenvalue weighted by molar-refractivity contribution is 0.140. The smallest absolute Gasteiger partial charge is 0.182 e. The van der Waals surface area contributed by atoms with Gasteiger partial charge in [-0.1, -0.05) is 0 Å². The van der Waals surface area contributed by atoms with E-state index in [0.29, 0.717) is 0 Å². The summed E-state index contributed by atoms with van der Waals surface area (Å²) in [6, 6.07) is 0.728. The average Bonchev–Trinajstić information content (AvgIpc) is 2.78. The topological polar surface area (TPSA) is 31.4 Å². The number of nitrogens with zero attached hydrogens (tertiary/aromatic N) is 3. The zero-order valence-corrected chi connectivity index (χ0v) is 12.5. The molecule has 1 fully saturated rings. The summed E-state index contributed by atoms with van der Waals surface area (Å²) in [5.41, 5.74) is 0. The van der Waals surface area contributed by atoms with Crippen LogP contribution < -0.4 is 5.32 Å². The first-order chi connectivity index (χ1) is 8.69. The maximum absolute atomic E-state index is 4.39. The van der Waals surface area contributed by atoms with E-state index < -0.39 is 0 Å². The van der Waals surface area contributed by atoms with Crippen LogP contribution in [0.5, 0.6) is 0 Å². The van der Waals surface area contributed by atoms with E-state index in [1.807, 2.05) is 6.20 Å². The van der Waals surface area contributed by atoms with Gasteiger partial charge in [-0.2, -0.15) is 0 Å². The molecule has 0 amide bonds. The molecule has 1 aliphatic heterocycles. The largest absolute Gasteiger partial charge is 0.362 e. The van der Waals surface area contributed by atoms with Crippen LogP contribution in [0.25, 0.3) is 0 Å². The third-order valence-electron chi connectivity index (χ3n) is 3.60. The van der Waals surface area contributed by atoms with Gasteiger partial charge in [0, 0.05) is 30.2 Å². The molecule has 0 unspecified atom stereocenters. The number of nitrogens with one attached hydrogen (secondary N) is 1. The van der Waals surface area contributed by atoms with Gasteiger partial charge in [0.05, 0.1) is 0 Å². The maximum atomic E-state index is 4.39. The summed E-state index contributed by atoms with van der Waals surface area (Å²) in [5, 5.41) is 4.31. The Bertz CT molecular complexity index is 358. The zero-order valence-electron chi connectivity index (χ0n) is 11.6. The van der Waals surface area contributed by atoms with Crippen molar-refractivity contribution in [3.63, 3.8) is 0 Å². The number of likely N-dealkylation sites (tertiary alicyclic amines) is 1. The number of piperidine rings is 1. The van der Waals surface area contributed by atoms with E-state index in [2.05, 4.69) is 41.1 Å². The molecule has 5 heteroatoms. The minimum absolute atomic E-state index is 0.728. The van der Waals surface area contributed by atoms with Crippen LogP contribution >= 0.6 is 11.3 Å². The van der Waals surface area contributed by atoms with Crippen molar-refractivity contribution in [1.29, 1.82) is 0 Å². The predicted octanol–water partition coefficient (Wildman–Crippen LogP) is 2.10. The minimum atomic E-state index is 0.728. The molecule has 0 spiro atoms. The van der Waals surface area contributed by atoms with Crippen LogP contribution in [0.3, 0.4) is 0 Å². The molecular weight excluding hydrogens is 244 g/mol. The summed E-state index contributed by atoms with van der Waals surface area (Å²) in [6.45, 7) is 6.52. The highest BCUT2D eigenvalue weighted by molar-refractivity contribution is 7.15. The van der Waals surface area contributed by atoms with Gasteiger partial charge in [0.1, 0.15) is 0 Å². The fourth-order valence-electron chi connectivity index (χ4n) is 2.42. The van der Waals surface area contributed by atoms with Gasteiger partial charge in [-0.15, -0.1) is 11.3 Å². The van der Waals surface area contributed by atoms with Crippen LogP contribution in [0, 0.1) is 0 Å². The van der Waals surface area contributed by atoms with E-state index in [1.165, 1.54) is 30.8 Å². The van der Waals surface area contributed by atoms with Crippen molar-refractivity contribution in [3.8, 4) is 0 Å². The molecule has 0 radical (unpaired) electrons. The second-order valence-corrected chi connectivity index (χ2v) is 6.23. The van der Waals surface area contributed by atoms with E-state index >= 15 is 0 Å². The average molecular weight is 268 g/mol. The Morgan fingerprint density at radius 1 is 1.50 bits per heavy atom. The molecular formula is C13H24N4S. The molecule has 102 valence electrons. The van der Waals surface area contributed by atoms with Gasteiger partial charge < -0.3 is 10.2 Å². The van der Waals surface area contributed by atoms with E-state index in [-0.39, 0.29) is 0 Å². The summed E-state index contributed by atoms with van der Waals surface area (Å²) in [6.07, 6.45) is 4.58. The highest BCUT2D eigenvalue weighted by Crippen LogP contribution is 2.22. The molecule has 1 N–H and O–H groups in total. The first-order valence-electron chi connectivity index (χ1n) is 6.76. The predicted molar refractivity (Wildman–Crippen MR) is 78.3 cm³/mol. The van der Waals surface area contributed by atoms with Gasteiger partial charge in [-0.05, 0) is 47.0 Å². The molecule has 1 aliphatic rings. The fourth-order valence-corrected chi connectivity index (χ4v) is 3.37. The summed E-state index contributed by atoms with van der Waals surface area (Å²) in [4.78, 5) is 10.6. The van der Waals surface area contributed by atoms with Gasteiger partial charge in [0.2, 0.25) is 0 Å². The van der Waals surface area contributed by atoms with Gasteiger partial charge in [-0.3, -0.25) is 4.90 Å². The van der Waals surface area contributed by atoms with Crippen molar-refractivity contribution in [2.24, 2.45) is 0 Å². The maximum Gasteiger partial charge on any atom is 0.182 e. The third kappa shape index (κ3) is 3.67. The van der Waals surface area contributed by atoms with Gasteiger partial charge in [0.25, 0.3) is 0 Å². The lowest BCUT2D eigenvalue weighted by Gasteiger charge is -2.34. The monoisotopic (exact) mass is 268 g/mol. The molecule has 18 heavy (non-hydrogen) atoms. The third-order valence-corrected chi connectivity index (χ3v) is 4.54. The Kier molecular flexibility index (Phi) is 4.97. The van der Waals surface area contributed by atoms with Gasteiger partial charge in [-0.25, -0.2) is 4.98 Å². The van der Waals surface area contributed by atoms with Crippen LogP contribution in [0.4, 0.5) is 5.13 Å². The highest BCUT2D eigenvalue weighted by atomic mass is 32.1. The number of rotatable bonds is 5. The molecule has 2 heterocycles. The van der Waals surface area contributed by atoms with Crippen molar-refractivity contribution >= 4 is 16.5 Å². The standard InChI is InChI=1S/C13H24N4S/c1-4-14-13-15-9-12(18-13)10-17(3)11-5-7-16(2)8-6-11/h9,11H,4-8,10H2,1-3H3,(H,14,15). The molecule has 1 aromatic rings. The lowest BCUT2D eigenvalue weighted by Crippen LogP contribution is -2.41. The molecule has 0 bridgehead atoms. The summed E-state index contributed by atoms with van der Waals surface area (Å²) >= 11 is 1.78. The highest BCUT2D eigenvalue weighted by Gasteiger charge is 2.20. The molecule has 0 atom stereocenters. The Labute approximate surface area is 114 Å². The SMILES string of the molecule is CCNc1ncc(CN(C)C2CCN(C)CC2)s1. The first-order valence-corrected chi connectivity index (χ1v) is 7.58. The summed E-state index contributed by atoms with van der Waals surface area (Å²) in [7, 11) is 4.45. The van der Waals surface area contributed by atoms with Gasteiger partial charge >= 0.3 is 0 Å². The van der Waals surface area contributed by atoms with E-state index in [1.54, 1.807) is 11.3 Å². The van der Waals surface area contributed by atoms with Crippen molar-refractivity contribution in [3.05, 3.63) is 11.1 Å². The first kappa shape index (κ1) is 13.8. The number of hydrogen-bond donors (Lipinski definition) is 1.